The van der Waals surface area contributed by atoms with Crippen LogP contribution in [0, 0.1) is 12.8 Å². The zero-order valence-electron chi connectivity index (χ0n) is 13.4. The Hall–Kier alpha value is -1.06. The van der Waals surface area contributed by atoms with Crippen LogP contribution < -0.4 is 5.73 Å². The van der Waals surface area contributed by atoms with E-state index in [1.807, 2.05) is 0 Å². The number of phenolic OH excluding ortho intramolecular Hbond substituents is 1. The predicted octanol–water partition coefficient (Wildman–Crippen LogP) is 2.95. The van der Waals surface area contributed by atoms with Crippen LogP contribution in [0.5, 0.6) is 5.75 Å². The summed E-state index contributed by atoms with van der Waals surface area (Å²) in [5.74, 6) is 1.00. The smallest absolute Gasteiger partial charge is 0.124 e. The lowest BCUT2D eigenvalue weighted by Gasteiger charge is -2.27. The second-order valence-corrected chi connectivity index (χ2v) is 7.29. The summed E-state index contributed by atoms with van der Waals surface area (Å²) in [5, 5.41) is 10.7. The molecule has 1 aromatic rings. The standard InChI is InChI=1S/C17H28N2O/c1-11-6-13(15-8-12(9-18)10-19(15)5)16(20)14(7-11)17(2,3)4/h6-7,12,15,20H,8-10,18H2,1-5H3. The fraction of sp³-hybridized carbons (Fsp3) is 0.647. The molecule has 2 unspecified atom stereocenters. The molecule has 0 spiro atoms. The van der Waals surface area contributed by atoms with Crippen molar-refractivity contribution >= 4 is 0 Å². The topological polar surface area (TPSA) is 49.5 Å². The summed E-state index contributed by atoms with van der Waals surface area (Å²) in [5.41, 5.74) is 9.09. The van der Waals surface area contributed by atoms with Gasteiger partial charge in [-0.1, -0.05) is 38.5 Å². The quantitative estimate of drug-likeness (QED) is 0.873. The first-order valence-corrected chi connectivity index (χ1v) is 7.48. The fourth-order valence-corrected chi connectivity index (χ4v) is 3.27. The van der Waals surface area contributed by atoms with Crippen molar-refractivity contribution in [3.63, 3.8) is 0 Å². The van der Waals surface area contributed by atoms with Gasteiger partial charge in [0.15, 0.2) is 0 Å². The number of likely N-dealkylation sites (tertiary alicyclic amines) is 1. The van der Waals surface area contributed by atoms with Gasteiger partial charge in [0.1, 0.15) is 5.75 Å². The van der Waals surface area contributed by atoms with Crippen LogP contribution in [0.4, 0.5) is 0 Å². The normalized spacial score (nSPS) is 24.3. The number of nitrogens with two attached hydrogens (primary N) is 1. The zero-order valence-corrected chi connectivity index (χ0v) is 13.4. The number of aryl methyl sites for hydroxylation is 1. The van der Waals surface area contributed by atoms with Gasteiger partial charge in [-0.3, -0.25) is 4.90 Å². The largest absolute Gasteiger partial charge is 0.507 e. The molecule has 1 saturated heterocycles. The van der Waals surface area contributed by atoms with Crippen molar-refractivity contribution in [2.75, 3.05) is 20.1 Å². The van der Waals surface area contributed by atoms with E-state index in [1.165, 1.54) is 5.56 Å². The summed E-state index contributed by atoms with van der Waals surface area (Å²) in [4.78, 5) is 2.32. The monoisotopic (exact) mass is 276 g/mol. The Kier molecular flexibility index (Phi) is 4.12. The summed E-state index contributed by atoms with van der Waals surface area (Å²) in [6, 6.07) is 4.52. The van der Waals surface area contributed by atoms with Gasteiger partial charge in [-0.15, -0.1) is 0 Å². The first kappa shape index (κ1) is 15.3. The Morgan fingerprint density at radius 3 is 2.50 bits per heavy atom. The highest BCUT2D eigenvalue weighted by Gasteiger charge is 2.33. The van der Waals surface area contributed by atoms with Crippen LogP contribution in [0.25, 0.3) is 0 Å². The molecular weight excluding hydrogens is 248 g/mol. The van der Waals surface area contributed by atoms with Crippen LogP contribution in [-0.4, -0.2) is 30.1 Å². The van der Waals surface area contributed by atoms with E-state index in [0.717, 1.165) is 30.6 Å². The van der Waals surface area contributed by atoms with Gasteiger partial charge < -0.3 is 10.8 Å². The average molecular weight is 276 g/mol. The molecule has 0 bridgehead atoms. The van der Waals surface area contributed by atoms with Crippen LogP contribution in [-0.2, 0) is 5.41 Å². The third-order valence-corrected chi connectivity index (χ3v) is 4.42. The van der Waals surface area contributed by atoms with Crippen LogP contribution in [0.3, 0.4) is 0 Å². The number of aromatic hydroxyl groups is 1. The van der Waals surface area contributed by atoms with Crippen molar-refractivity contribution in [1.82, 2.24) is 4.90 Å². The number of nitrogens with zero attached hydrogens (tertiary/aromatic N) is 1. The molecule has 0 amide bonds. The van der Waals surface area contributed by atoms with Crippen molar-refractivity contribution in [2.24, 2.45) is 11.7 Å². The van der Waals surface area contributed by atoms with E-state index in [0.29, 0.717) is 11.7 Å². The molecule has 0 radical (unpaired) electrons. The third-order valence-electron chi connectivity index (χ3n) is 4.42. The fourth-order valence-electron chi connectivity index (χ4n) is 3.27. The maximum Gasteiger partial charge on any atom is 0.124 e. The Morgan fingerprint density at radius 1 is 1.35 bits per heavy atom. The van der Waals surface area contributed by atoms with Gasteiger partial charge in [-0.05, 0) is 43.8 Å². The van der Waals surface area contributed by atoms with E-state index in [9.17, 15) is 5.11 Å². The Morgan fingerprint density at radius 2 is 2.00 bits per heavy atom. The SMILES string of the molecule is Cc1cc(C2CC(CN)CN2C)c(O)c(C(C)(C)C)c1. The van der Waals surface area contributed by atoms with E-state index in [1.54, 1.807) is 0 Å². The molecule has 3 N–H and O–H groups in total. The van der Waals surface area contributed by atoms with Crippen molar-refractivity contribution in [3.05, 3.63) is 28.8 Å². The molecular formula is C17H28N2O. The molecule has 0 aliphatic carbocycles. The van der Waals surface area contributed by atoms with Crippen molar-refractivity contribution in [1.29, 1.82) is 0 Å². The first-order valence-electron chi connectivity index (χ1n) is 7.48. The van der Waals surface area contributed by atoms with Gasteiger partial charge in [0.25, 0.3) is 0 Å². The number of rotatable bonds is 2. The van der Waals surface area contributed by atoms with Gasteiger partial charge in [0, 0.05) is 18.2 Å². The minimum absolute atomic E-state index is 0.0463. The predicted molar refractivity (Wildman–Crippen MR) is 84.1 cm³/mol. The maximum atomic E-state index is 10.7. The lowest BCUT2D eigenvalue weighted by Crippen LogP contribution is -2.21. The lowest BCUT2D eigenvalue weighted by atomic mass is 9.82. The minimum Gasteiger partial charge on any atom is -0.507 e. The molecule has 2 rings (SSSR count). The Balaban J connectivity index is 2.45. The summed E-state index contributed by atoms with van der Waals surface area (Å²) in [6.07, 6.45) is 1.04. The average Bonchev–Trinajstić information content (AvgIpc) is 2.71. The Bertz CT molecular complexity index is 490. The molecule has 1 aliphatic rings. The molecule has 1 aromatic carbocycles. The van der Waals surface area contributed by atoms with Gasteiger partial charge in [0.05, 0.1) is 0 Å². The molecule has 1 fully saturated rings. The van der Waals surface area contributed by atoms with Crippen molar-refractivity contribution in [3.8, 4) is 5.75 Å². The second-order valence-electron chi connectivity index (χ2n) is 7.29. The van der Waals surface area contributed by atoms with Crippen LogP contribution in [0.2, 0.25) is 0 Å². The summed E-state index contributed by atoms with van der Waals surface area (Å²) >= 11 is 0. The summed E-state index contributed by atoms with van der Waals surface area (Å²) < 4.78 is 0. The van der Waals surface area contributed by atoms with E-state index < -0.39 is 0 Å². The molecule has 3 heteroatoms. The van der Waals surface area contributed by atoms with Crippen LogP contribution in [0.15, 0.2) is 12.1 Å². The van der Waals surface area contributed by atoms with Gasteiger partial charge in [-0.2, -0.15) is 0 Å². The summed E-state index contributed by atoms with van der Waals surface area (Å²) in [7, 11) is 2.12. The molecule has 0 saturated carbocycles. The van der Waals surface area contributed by atoms with E-state index in [4.69, 9.17) is 5.73 Å². The van der Waals surface area contributed by atoms with Gasteiger partial charge >= 0.3 is 0 Å². The second kappa shape index (κ2) is 5.38. The minimum atomic E-state index is -0.0463. The van der Waals surface area contributed by atoms with Gasteiger partial charge in [0.2, 0.25) is 0 Å². The molecule has 2 atom stereocenters. The molecule has 1 heterocycles. The zero-order chi connectivity index (χ0) is 15.1. The number of benzene rings is 1. The van der Waals surface area contributed by atoms with Crippen molar-refractivity contribution < 1.29 is 5.11 Å². The van der Waals surface area contributed by atoms with Gasteiger partial charge in [-0.25, -0.2) is 0 Å². The van der Waals surface area contributed by atoms with Crippen molar-refractivity contribution in [2.45, 2.75) is 45.6 Å². The molecule has 20 heavy (non-hydrogen) atoms. The van der Waals surface area contributed by atoms with E-state index in [-0.39, 0.29) is 11.5 Å². The van der Waals surface area contributed by atoms with Crippen LogP contribution in [0.1, 0.15) is 49.9 Å². The maximum absolute atomic E-state index is 10.7. The third kappa shape index (κ3) is 2.84. The molecule has 1 aliphatic heterocycles. The number of phenols is 1. The number of hydrogen-bond donors (Lipinski definition) is 2. The van der Waals surface area contributed by atoms with E-state index in [2.05, 4.69) is 51.8 Å². The highest BCUT2D eigenvalue weighted by Crippen LogP contribution is 2.42. The highest BCUT2D eigenvalue weighted by molar-refractivity contribution is 5.48. The molecule has 0 aromatic heterocycles. The highest BCUT2D eigenvalue weighted by atomic mass is 16.3. The molecule has 112 valence electrons. The van der Waals surface area contributed by atoms with Crippen LogP contribution >= 0.6 is 0 Å². The summed E-state index contributed by atoms with van der Waals surface area (Å²) in [6.45, 7) is 10.3. The Labute approximate surface area is 122 Å². The van der Waals surface area contributed by atoms with E-state index >= 15 is 0 Å². The number of hydrogen-bond acceptors (Lipinski definition) is 3. The first-order chi connectivity index (χ1) is 9.24. The molecule has 3 nitrogen and oxygen atoms in total. The lowest BCUT2D eigenvalue weighted by molar-refractivity contribution is 0.304.